The molecule has 76 valence electrons. The van der Waals surface area contributed by atoms with E-state index in [0.29, 0.717) is 6.04 Å². The Morgan fingerprint density at radius 2 is 2.23 bits per heavy atom. The molecule has 0 aromatic rings. The van der Waals surface area contributed by atoms with Crippen LogP contribution in [0, 0.1) is 5.41 Å². The average Bonchev–Trinajstić information content (AvgIpc) is 2.47. The van der Waals surface area contributed by atoms with Gasteiger partial charge in [0.05, 0.1) is 5.84 Å². The van der Waals surface area contributed by atoms with Crippen LogP contribution in [0.5, 0.6) is 0 Å². The molecule has 0 unspecified atom stereocenters. The molecule has 1 aliphatic rings. The van der Waals surface area contributed by atoms with Gasteiger partial charge in [0.2, 0.25) is 0 Å². The van der Waals surface area contributed by atoms with E-state index < -0.39 is 0 Å². The first-order valence-corrected chi connectivity index (χ1v) is 5.14. The predicted octanol–water partition coefficient (Wildman–Crippen LogP) is 1.40. The maximum atomic E-state index is 7.66. The molecule has 1 rings (SSSR count). The Balaban J connectivity index is 2.22. The van der Waals surface area contributed by atoms with Crippen molar-refractivity contribution in [3.63, 3.8) is 0 Å². The third-order valence-corrected chi connectivity index (χ3v) is 2.83. The zero-order valence-corrected chi connectivity index (χ0v) is 9.01. The van der Waals surface area contributed by atoms with E-state index in [0.717, 1.165) is 31.9 Å². The molecule has 1 fully saturated rings. The van der Waals surface area contributed by atoms with Gasteiger partial charge in [-0.1, -0.05) is 0 Å². The van der Waals surface area contributed by atoms with E-state index in [1.807, 2.05) is 0 Å². The molecule has 0 saturated carbocycles. The zero-order valence-electron chi connectivity index (χ0n) is 9.01. The van der Waals surface area contributed by atoms with Crippen molar-refractivity contribution in [2.45, 2.75) is 32.7 Å². The fourth-order valence-corrected chi connectivity index (χ4v) is 1.51. The summed E-state index contributed by atoms with van der Waals surface area (Å²) < 4.78 is 0. The lowest BCUT2D eigenvalue weighted by molar-refractivity contribution is 0.250. The summed E-state index contributed by atoms with van der Waals surface area (Å²) in [4.78, 5) is 4.52. The van der Waals surface area contributed by atoms with Crippen molar-refractivity contribution in [2.24, 2.45) is 0 Å². The second kappa shape index (κ2) is 4.61. The fraction of sp³-hybridized carbons (Fsp3) is 0.900. The van der Waals surface area contributed by atoms with Crippen LogP contribution in [0.15, 0.2) is 0 Å². The molecule has 3 heteroatoms. The Kier molecular flexibility index (Phi) is 3.72. The van der Waals surface area contributed by atoms with Crippen molar-refractivity contribution in [1.82, 2.24) is 9.80 Å². The van der Waals surface area contributed by atoms with Gasteiger partial charge < -0.3 is 9.80 Å². The molecule has 3 nitrogen and oxygen atoms in total. The Labute approximate surface area is 81.2 Å². The summed E-state index contributed by atoms with van der Waals surface area (Å²) in [5.74, 6) is 0.831. The van der Waals surface area contributed by atoms with Gasteiger partial charge in [0, 0.05) is 32.1 Å². The molecule has 0 aromatic heterocycles. The van der Waals surface area contributed by atoms with Crippen molar-refractivity contribution in [1.29, 1.82) is 5.41 Å². The summed E-state index contributed by atoms with van der Waals surface area (Å²) in [5, 5.41) is 7.66. The summed E-state index contributed by atoms with van der Waals surface area (Å²) in [6.07, 6.45) is 2.15. The highest BCUT2D eigenvalue weighted by atomic mass is 15.2. The molecule has 13 heavy (non-hydrogen) atoms. The third kappa shape index (κ3) is 2.99. The number of nitrogens with zero attached hydrogens (tertiary/aromatic N) is 2. The van der Waals surface area contributed by atoms with Gasteiger partial charge >= 0.3 is 0 Å². The summed E-state index contributed by atoms with van der Waals surface area (Å²) in [6, 6.07) is 0.608. The lowest BCUT2D eigenvalue weighted by atomic mass is 10.3. The average molecular weight is 183 g/mol. The minimum atomic E-state index is 0.608. The molecule has 1 aliphatic heterocycles. The Hall–Kier alpha value is -0.570. The van der Waals surface area contributed by atoms with Gasteiger partial charge in [-0.25, -0.2) is 0 Å². The Morgan fingerprint density at radius 1 is 1.54 bits per heavy atom. The standard InChI is InChI=1S/C10H21N3/c1-9(2)12(3)7-8-13-6-4-5-10(13)11/h9,11H,4-8H2,1-3H3. The molecule has 0 aromatic carbocycles. The Bertz CT molecular complexity index is 177. The SMILES string of the molecule is CC(C)N(C)CCN1CCCC1=N. The lowest BCUT2D eigenvalue weighted by Crippen LogP contribution is -2.36. The lowest BCUT2D eigenvalue weighted by Gasteiger charge is -2.25. The van der Waals surface area contributed by atoms with Crippen molar-refractivity contribution >= 4 is 5.84 Å². The summed E-state index contributed by atoms with van der Waals surface area (Å²) in [6.45, 7) is 7.59. The first kappa shape index (κ1) is 10.5. The number of likely N-dealkylation sites (tertiary alicyclic amines) is 1. The quantitative estimate of drug-likeness (QED) is 0.714. The normalized spacial score (nSPS) is 17.9. The monoisotopic (exact) mass is 183 g/mol. The fourth-order valence-electron chi connectivity index (χ4n) is 1.51. The summed E-state index contributed by atoms with van der Waals surface area (Å²) in [5.41, 5.74) is 0. The van der Waals surface area contributed by atoms with E-state index in [9.17, 15) is 0 Å². The number of likely N-dealkylation sites (N-methyl/N-ethyl adjacent to an activating group) is 1. The van der Waals surface area contributed by atoms with Gasteiger partial charge in [0.15, 0.2) is 0 Å². The van der Waals surface area contributed by atoms with Crippen LogP contribution >= 0.6 is 0 Å². The minimum absolute atomic E-state index is 0.608. The molecule has 0 amide bonds. The second-order valence-corrected chi connectivity index (χ2v) is 4.11. The van der Waals surface area contributed by atoms with Gasteiger partial charge in [-0.3, -0.25) is 5.41 Å². The third-order valence-electron chi connectivity index (χ3n) is 2.83. The molecular formula is C10H21N3. The second-order valence-electron chi connectivity index (χ2n) is 4.11. The molecule has 0 spiro atoms. The number of nitrogens with one attached hydrogen (secondary N) is 1. The van der Waals surface area contributed by atoms with E-state index in [4.69, 9.17) is 5.41 Å². The first-order chi connectivity index (χ1) is 6.11. The van der Waals surface area contributed by atoms with Gasteiger partial charge in [-0.2, -0.15) is 0 Å². The first-order valence-electron chi connectivity index (χ1n) is 5.14. The van der Waals surface area contributed by atoms with Gasteiger partial charge in [0.25, 0.3) is 0 Å². The topological polar surface area (TPSA) is 30.3 Å². The molecule has 0 radical (unpaired) electrons. The molecule has 0 bridgehead atoms. The molecule has 1 heterocycles. The smallest absolute Gasteiger partial charge is 0.0958 e. The molecule has 0 atom stereocenters. The number of hydrogen-bond donors (Lipinski definition) is 1. The van der Waals surface area contributed by atoms with E-state index >= 15 is 0 Å². The van der Waals surface area contributed by atoms with Crippen LogP contribution in [-0.2, 0) is 0 Å². The summed E-state index contributed by atoms with van der Waals surface area (Å²) in [7, 11) is 2.14. The number of amidine groups is 1. The van der Waals surface area contributed by atoms with Gasteiger partial charge in [-0.15, -0.1) is 0 Å². The number of hydrogen-bond acceptors (Lipinski definition) is 2. The highest BCUT2D eigenvalue weighted by molar-refractivity contribution is 5.80. The maximum Gasteiger partial charge on any atom is 0.0958 e. The van der Waals surface area contributed by atoms with Crippen LogP contribution in [0.2, 0.25) is 0 Å². The predicted molar refractivity (Wildman–Crippen MR) is 56.3 cm³/mol. The zero-order chi connectivity index (χ0) is 9.84. The Morgan fingerprint density at radius 3 is 2.69 bits per heavy atom. The van der Waals surface area contributed by atoms with Crippen molar-refractivity contribution in [3.8, 4) is 0 Å². The van der Waals surface area contributed by atoms with Crippen LogP contribution in [0.1, 0.15) is 26.7 Å². The van der Waals surface area contributed by atoms with E-state index in [1.165, 1.54) is 6.42 Å². The molecule has 1 N–H and O–H groups in total. The van der Waals surface area contributed by atoms with Crippen LogP contribution in [0.25, 0.3) is 0 Å². The van der Waals surface area contributed by atoms with Crippen LogP contribution < -0.4 is 0 Å². The van der Waals surface area contributed by atoms with E-state index in [1.54, 1.807) is 0 Å². The van der Waals surface area contributed by atoms with Gasteiger partial charge in [0.1, 0.15) is 0 Å². The maximum absolute atomic E-state index is 7.66. The van der Waals surface area contributed by atoms with E-state index in [2.05, 4.69) is 30.7 Å². The van der Waals surface area contributed by atoms with E-state index in [-0.39, 0.29) is 0 Å². The van der Waals surface area contributed by atoms with Crippen LogP contribution in [0.3, 0.4) is 0 Å². The van der Waals surface area contributed by atoms with Crippen LogP contribution in [-0.4, -0.2) is 48.4 Å². The van der Waals surface area contributed by atoms with Crippen molar-refractivity contribution in [2.75, 3.05) is 26.7 Å². The van der Waals surface area contributed by atoms with Crippen LogP contribution in [0.4, 0.5) is 0 Å². The highest BCUT2D eigenvalue weighted by Crippen LogP contribution is 2.09. The highest BCUT2D eigenvalue weighted by Gasteiger charge is 2.16. The molecule has 1 saturated heterocycles. The minimum Gasteiger partial charge on any atom is -0.359 e. The number of rotatable bonds is 4. The van der Waals surface area contributed by atoms with Crippen molar-refractivity contribution in [3.05, 3.63) is 0 Å². The largest absolute Gasteiger partial charge is 0.359 e. The van der Waals surface area contributed by atoms with Gasteiger partial charge in [-0.05, 0) is 27.3 Å². The summed E-state index contributed by atoms with van der Waals surface area (Å²) >= 11 is 0. The van der Waals surface area contributed by atoms with Crippen molar-refractivity contribution < 1.29 is 0 Å². The molecular weight excluding hydrogens is 162 g/mol. The molecule has 0 aliphatic carbocycles.